The van der Waals surface area contributed by atoms with Gasteiger partial charge in [-0.25, -0.2) is 14.8 Å². The lowest BCUT2D eigenvalue weighted by atomic mass is 9.85. The van der Waals surface area contributed by atoms with E-state index >= 15 is 0 Å². The summed E-state index contributed by atoms with van der Waals surface area (Å²) in [5.41, 5.74) is 0.315. The van der Waals surface area contributed by atoms with E-state index in [4.69, 9.17) is 9.84 Å². The van der Waals surface area contributed by atoms with Crippen molar-refractivity contribution >= 4 is 11.8 Å². The van der Waals surface area contributed by atoms with Gasteiger partial charge in [-0.05, 0) is 6.42 Å². The molecule has 2 aliphatic heterocycles. The molecule has 0 radical (unpaired) electrons. The SMILES string of the molecule is O=C(O)c1cc(N2CCC3(COC3)C2)ncn1. The third-order valence-corrected chi connectivity index (χ3v) is 3.45. The highest BCUT2D eigenvalue weighted by atomic mass is 16.5. The molecular weight excluding hydrogens is 222 g/mol. The number of nitrogens with zero attached hydrogens (tertiary/aromatic N) is 3. The standard InChI is InChI=1S/C11H13N3O3/c15-10(16)8-3-9(13-7-12-8)14-2-1-11(4-14)5-17-6-11/h3,7H,1-2,4-6H2,(H,15,16). The molecule has 1 aromatic rings. The molecule has 0 aromatic carbocycles. The van der Waals surface area contributed by atoms with Crippen molar-refractivity contribution in [2.45, 2.75) is 6.42 Å². The predicted molar refractivity (Wildman–Crippen MR) is 59.1 cm³/mol. The summed E-state index contributed by atoms with van der Waals surface area (Å²) in [4.78, 5) is 20.8. The number of carboxylic acid groups (broad SMARTS) is 1. The van der Waals surface area contributed by atoms with Crippen LogP contribution in [0.15, 0.2) is 12.4 Å². The molecule has 0 bridgehead atoms. The van der Waals surface area contributed by atoms with Crippen molar-refractivity contribution in [3.63, 3.8) is 0 Å². The lowest BCUT2D eigenvalue weighted by molar-refractivity contribution is -0.0985. The van der Waals surface area contributed by atoms with Crippen molar-refractivity contribution in [1.82, 2.24) is 9.97 Å². The first-order valence-electron chi connectivity index (χ1n) is 5.57. The first-order valence-corrected chi connectivity index (χ1v) is 5.57. The maximum Gasteiger partial charge on any atom is 0.354 e. The van der Waals surface area contributed by atoms with E-state index in [1.807, 2.05) is 0 Å². The fourth-order valence-corrected chi connectivity index (χ4v) is 2.39. The number of rotatable bonds is 2. The van der Waals surface area contributed by atoms with Gasteiger partial charge in [-0.1, -0.05) is 0 Å². The molecule has 1 spiro atoms. The largest absolute Gasteiger partial charge is 0.477 e. The Hall–Kier alpha value is -1.69. The molecule has 0 amide bonds. The summed E-state index contributed by atoms with van der Waals surface area (Å²) in [6.45, 7) is 3.41. The zero-order valence-electron chi connectivity index (χ0n) is 9.30. The third-order valence-electron chi connectivity index (χ3n) is 3.45. The van der Waals surface area contributed by atoms with Crippen molar-refractivity contribution < 1.29 is 14.6 Å². The van der Waals surface area contributed by atoms with Gasteiger partial charge in [0, 0.05) is 24.6 Å². The molecule has 0 aliphatic carbocycles. The van der Waals surface area contributed by atoms with Crippen LogP contribution in [0, 0.1) is 5.41 Å². The first-order chi connectivity index (χ1) is 8.19. The minimum absolute atomic E-state index is 0.0424. The van der Waals surface area contributed by atoms with Crippen LogP contribution >= 0.6 is 0 Å². The van der Waals surface area contributed by atoms with Crippen LogP contribution in [-0.2, 0) is 4.74 Å². The van der Waals surface area contributed by atoms with Gasteiger partial charge in [0.2, 0.25) is 0 Å². The molecule has 3 rings (SSSR count). The van der Waals surface area contributed by atoms with E-state index in [0.717, 1.165) is 32.7 Å². The normalized spacial score (nSPS) is 21.5. The second kappa shape index (κ2) is 3.66. The highest BCUT2D eigenvalue weighted by molar-refractivity contribution is 5.86. The maximum absolute atomic E-state index is 10.8. The van der Waals surface area contributed by atoms with E-state index in [1.165, 1.54) is 12.4 Å². The highest BCUT2D eigenvalue weighted by Gasteiger charge is 2.44. The van der Waals surface area contributed by atoms with Crippen LogP contribution in [0.2, 0.25) is 0 Å². The second-order valence-electron chi connectivity index (χ2n) is 4.73. The van der Waals surface area contributed by atoms with E-state index in [9.17, 15) is 4.79 Å². The average molecular weight is 235 g/mol. The number of ether oxygens (including phenoxy) is 1. The van der Waals surface area contributed by atoms with Crippen molar-refractivity contribution in [2.75, 3.05) is 31.2 Å². The maximum atomic E-state index is 10.8. The summed E-state index contributed by atoms with van der Waals surface area (Å²) >= 11 is 0. The molecule has 0 unspecified atom stereocenters. The number of aromatic nitrogens is 2. The monoisotopic (exact) mass is 235 g/mol. The summed E-state index contributed by atoms with van der Waals surface area (Å²) in [6.07, 6.45) is 2.39. The van der Waals surface area contributed by atoms with E-state index in [2.05, 4.69) is 14.9 Å². The molecule has 2 fully saturated rings. The van der Waals surface area contributed by atoms with Gasteiger partial charge in [-0.3, -0.25) is 0 Å². The molecule has 3 heterocycles. The molecule has 1 aromatic heterocycles. The van der Waals surface area contributed by atoms with E-state index in [0.29, 0.717) is 5.82 Å². The topological polar surface area (TPSA) is 75.5 Å². The van der Waals surface area contributed by atoms with Gasteiger partial charge in [0.1, 0.15) is 12.1 Å². The van der Waals surface area contributed by atoms with Crippen molar-refractivity contribution in [3.05, 3.63) is 18.1 Å². The summed E-state index contributed by atoms with van der Waals surface area (Å²) in [5, 5.41) is 8.88. The number of carbonyl (C=O) groups is 1. The Balaban J connectivity index is 1.80. The highest BCUT2D eigenvalue weighted by Crippen LogP contribution is 2.38. The van der Waals surface area contributed by atoms with Gasteiger partial charge < -0.3 is 14.7 Å². The summed E-state index contributed by atoms with van der Waals surface area (Å²) in [7, 11) is 0. The fourth-order valence-electron chi connectivity index (χ4n) is 2.39. The van der Waals surface area contributed by atoms with Gasteiger partial charge in [-0.15, -0.1) is 0 Å². The van der Waals surface area contributed by atoms with Crippen molar-refractivity contribution in [3.8, 4) is 0 Å². The molecule has 1 N–H and O–H groups in total. The Bertz CT molecular complexity index is 459. The van der Waals surface area contributed by atoms with Crippen LogP contribution in [-0.4, -0.2) is 47.3 Å². The van der Waals surface area contributed by atoms with Crippen molar-refractivity contribution in [2.24, 2.45) is 5.41 Å². The molecule has 0 atom stereocenters. The molecule has 6 nitrogen and oxygen atoms in total. The Labute approximate surface area is 98.2 Å². The molecule has 2 saturated heterocycles. The molecule has 2 aliphatic rings. The Morgan fingerprint density at radius 1 is 1.47 bits per heavy atom. The zero-order valence-corrected chi connectivity index (χ0v) is 9.30. The fraction of sp³-hybridized carbons (Fsp3) is 0.545. The van der Waals surface area contributed by atoms with Crippen molar-refractivity contribution in [1.29, 1.82) is 0 Å². The number of anilines is 1. The summed E-state index contributed by atoms with van der Waals surface area (Å²) in [5.74, 6) is -0.323. The minimum Gasteiger partial charge on any atom is -0.477 e. The van der Waals surface area contributed by atoms with E-state index in [-0.39, 0.29) is 11.1 Å². The quantitative estimate of drug-likeness (QED) is 0.799. The first kappa shape index (κ1) is 10.5. The van der Waals surface area contributed by atoms with Gasteiger partial charge in [0.05, 0.1) is 13.2 Å². The van der Waals surface area contributed by atoms with Crippen LogP contribution in [0.5, 0.6) is 0 Å². The molecule has 6 heteroatoms. The molecule has 17 heavy (non-hydrogen) atoms. The zero-order chi connectivity index (χ0) is 11.9. The lowest BCUT2D eigenvalue weighted by Crippen LogP contribution is -2.44. The Kier molecular flexibility index (Phi) is 2.25. The number of hydrogen-bond acceptors (Lipinski definition) is 5. The third kappa shape index (κ3) is 1.74. The number of aromatic carboxylic acids is 1. The Morgan fingerprint density at radius 2 is 2.29 bits per heavy atom. The van der Waals surface area contributed by atoms with E-state index in [1.54, 1.807) is 0 Å². The average Bonchev–Trinajstić information content (AvgIpc) is 2.74. The van der Waals surface area contributed by atoms with Crippen LogP contribution in [0.4, 0.5) is 5.82 Å². The van der Waals surface area contributed by atoms with Crippen LogP contribution in [0.1, 0.15) is 16.9 Å². The predicted octanol–water partition coefficient (Wildman–Crippen LogP) is 0.401. The van der Waals surface area contributed by atoms with Gasteiger partial charge in [0.15, 0.2) is 5.69 Å². The smallest absolute Gasteiger partial charge is 0.354 e. The van der Waals surface area contributed by atoms with Crippen LogP contribution < -0.4 is 4.90 Å². The summed E-state index contributed by atoms with van der Waals surface area (Å²) in [6, 6.07) is 1.53. The van der Waals surface area contributed by atoms with E-state index < -0.39 is 5.97 Å². The number of carboxylic acids is 1. The molecular formula is C11H13N3O3. The summed E-state index contributed by atoms with van der Waals surface area (Å²) < 4.78 is 5.25. The minimum atomic E-state index is -1.02. The van der Waals surface area contributed by atoms with Crippen LogP contribution in [0.3, 0.4) is 0 Å². The molecule has 0 saturated carbocycles. The van der Waals surface area contributed by atoms with Gasteiger partial charge in [-0.2, -0.15) is 0 Å². The van der Waals surface area contributed by atoms with Crippen LogP contribution in [0.25, 0.3) is 0 Å². The second-order valence-corrected chi connectivity index (χ2v) is 4.73. The van der Waals surface area contributed by atoms with Gasteiger partial charge in [0.25, 0.3) is 0 Å². The van der Waals surface area contributed by atoms with Gasteiger partial charge >= 0.3 is 5.97 Å². The Morgan fingerprint density at radius 3 is 2.88 bits per heavy atom. The number of hydrogen-bond donors (Lipinski definition) is 1. The lowest BCUT2D eigenvalue weighted by Gasteiger charge is -2.37. The molecule has 90 valence electrons.